The van der Waals surface area contributed by atoms with E-state index in [1.54, 1.807) is 0 Å². The first-order valence-electron chi connectivity index (χ1n) is 15.8. The number of rotatable bonds is 14. The van der Waals surface area contributed by atoms with E-state index in [1.807, 2.05) is 105 Å². The van der Waals surface area contributed by atoms with Crippen LogP contribution in [0.15, 0.2) is 108 Å². The fourth-order valence-electron chi connectivity index (χ4n) is 6.03. The molecule has 3 aromatic rings. The van der Waals surface area contributed by atoms with Gasteiger partial charge in [-0.1, -0.05) is 103 Å². The first-order chi connectivity index (χ1) is 22.9. The molecule has 3 aliphatic rings. The van der Waals surface area contributed by atoms with Gasteiger partial charge >= 0.3 is 0 Å². The van der Waals surface area contributed by atoms with Crippen LogP contribution in [-0.2, 0) is 57.7 Å². The van der Waals surface area contributed by atoms with E-state index in [4.69, 9.17) is 43.4 Å². The van der Waals surface area contributed by atoms with Crippen molar-refractivity contribution < 1.29 is 37.9 Å². The molecule has 0 aromatic heterocycles. The van der Waals surface area contributed by atoms with Crippen LogP contribution in [0.25, 0.3) is 10.4 Å². The highest BCUT2D eigenvalue weighted by Gasteiger charge is 2.57. The van der Waals surface area contributed by atoms with Gasteiger partial charge < -0.3 is 37.9 Å². The molecule has 0 unspecified atom stereocenters. The van der Waals surface area contributed by atoms with Gasteiger partial charge in [0.25, 0.3) is 0 Å². The molecule has 6 rings (SSSR count). The van der Waals surface area contributed by atoms with Crippen LogP contribution in [-0.4, -0.2) is 68.1 Å². The Morgan fingerprint density at radius 2 is 1.36 bits per heavy atom. The number of nitrogens with zero attached hydrogens (tertiary/aromatic N) is 3. The maximum Gasteiger partial charge on any atom is 0.190 e. The summed E-state index contributed by atoms with van der Waals surface area (Å²) in [4.78, 5) is 2.92. The Hall–Kier alpha value is -3.61. The van der Waals surface area contributed by atoms with Crippen molar-refractivity contribution in [2.75, 3.05) is 13.2 Å². The lowest BCUT2D eigenvalue weighted by Crippen LogP contribution is -2.56. The molecule has 248 valence electrons. The molecule has 0 radical (unpaired) electrons. The molecular weight excluding hydrogens is 602 g/mol. The molecule has 3 aliphatic heterocycles. The summed E-state index contributed by atoms with van der Waals surface area (Å²) in [6, 6.07) is 29.8. The van der Waals surface area contributed by atoms with Gasteiger partial charge in [0.15, 0.2) is 18.4 Å². The minimum Gasteiger partial charge on any atom is -0.374 e. The molecule has 0 amide bonds. The van der Waals surface area contributed by atoms with Crippen LogP contribution in [0.5, 0.6) is 0 Å². The third-order valence-corrected chi connectivity index (χ3v) is 8.28. The van der Waals surface area contributed by atoms with E-state index in [2.05, 4.69) is 16.6 Å². The van der Waals surface area contributed by atoms with E-state index in [-0.39, 0.29) is 13.2 Å². The molecule has 47 heavy (non-hydrogen) atoms. The van der Waals surface area contributed by atoms with Crippen molar-refractivity contribution in [1.82, 2.24) is 0 Å². The SMILES string of the molecule is C=C1[C@@H](O[C@@H]2[C@H]3OC(C)(C)O[C@H]3O[C@@H]2CN=[N+]=[N-])O[C@H](COCc2ccccc2)[C@@H](OCc2ccccc2)[C@@H]1OCc1ccccc1. The molecule has 3 saturated heterocycles. The zero-order valence-electron chi connectivity index (χ0n) is 26.6. The summed E-state index contributed by atoms with van der Waals surface area (Å²) in [5.74, 6) is -0.879. The smallest absolute Gasteiger partial charge is 0.190 e. The molecule has 11 nitrogen and oxygen atoms in total. The monoisotopic (exact) mass is 643 g/mol. The quantitative estimate of drug-likeness (QED) is 0.0878. The van der Waals surface area contributed by atoms with Crippen molar-refractivity contribution >= 4 is 0 Å². The highest BCUT2D eigenvalue weighted by molar-refractivity contribution is 5.19. The lowest BCUT2D eigenvalue weighted by molar-refractivity contribution is -0.276. The van der Waals surface area contributed by atoms with E-state index in [1.165, 1.54) is 0 Å². The van der Waals surface area contributed by atoms with E-state index in [0.29, 0.717) is 25.4 Å². The Labute approximate surface area is 274 Å². The van der Waals surface area contributed by atoms with Gasteiger partial charge in [-0.3, -0.25) is 0 Å². The Kier molecular flexibility index (Phi) is 11.0. The number of hydrogen-bond acceptors (Lipinski definition) is 9. The molecule has 0 saturated carbocycles. The molecule has 0 bridgehead atoms. The topological polar surface area (TPSA) is 123 Å². The fraction of sp³-hybridized carbons (Fsp3) is 0.444. The third-order valence-electron chi connectivity index (χ3n) is 8.28. The van der Waals surface area contributed by atoms with Crippen molar-refractivity contribution in [3.63, 3.8) is 0 Å². The summed E-state index contributed by atoms with van der Waals surface area (Å²) in [5.41, 5.74) is 12.6. The second kappa shape index (κ2) is 15.5. The molecule has 3 aromatic carbocycles. The van der Waals surface area contributed by atoms with Gasteiger partial charge in [-0.2, -0.15) is 0 Å². The number of benzene rings is 3. The van der Waals surface area contributed by atoms with Crippen LogP contribution in [0.4, 0.5) is 0 Å². The summed E-state index contributed by atoms with van der Waals surface area (Å²) in [7, 11) is 0. The Balaban J connectivity index is 1.26. The van der Waals surface area contributed by atoms with Gasteiger partial charge in [0.1, 0.15) is 30.5 Å². The summed E-state index contributed by atoms with van der Waals surface area (Å²) < 4.78 is 50.9. The lowest BCUT2D eigenvalue weighted by Gasteiger charge is -2.43. The van der Waals surface area contributed by atoms with Gasteiger partial charge in [0.05, 0.1) is 39.1 Å². The van der Waals surface area contributed by atoms with E-state index in [9.17, 15) is 0 Å². The predicted molar refractivity (Wildman–Crippen MR) is 172 cm³/mol. The zero-order chi connectivity index (χ0) is 32.6. The first kappa shape index (κ1) is 33.3. The molecule has 0 N–H and O–H groups in total. The van der Waals surface area contributed by atoms with Gasteiger partial charge in [0.2, 0.25) is 0 Å². The van der Waals surface area contributed by atoms with Crippen LogP contribution >= 0.6 is 0 Å². The summed E-state index contributed by atoms with van der Waals surface area (Å²) in [6.07, 6.45) is -5.30. The van der Waals surface area contributed by atoms with Crippen LogP contribution in [0.2, 0.25) is 0 Å². The minimum absolute atomic E-state index is 0.0286. The number of azide groups is 1. The fourth-order valence-corrected chi connectivity index (χ4v) is 6.03. The zero-order valence-corrected chi connectivity index (χ0v) is 26.6. The molecule has 11 heteroatoms. The van der Waals surface area contributed by atoms with Gasteiger partial charge in [-0.15, -0.1) is 0 Å². The van der Waals surface area contributed by atoms with E-state index < -0.39 is 55.0 Å². The van der Waals surface area contributed by atoms with Crippen LogP contribution in [0.1, 0.15) is 30.5 Å². The van der Waals surface area contributed by atoms with Gasteiger partial charge in [0, 0.05) is 10.5 Å². The second-order valence-electron chi connectivity index (χ2n) is 12.2. The summed E-state index contributed by atoms with van der Waals surface area (Å²) in [6.45, 7) is 9.31. The highest BCUT2D eigenvalue weighted by Crippen LogP contribution is 2.41. The van der Waals surface area contributed by atoms with Crippen LogP contribution < -0.4 is 0 Å². The predicted octanol–water partition coefficient (Wildman–Crippen LogP) is 6.23. The van der Waals surface area contributed by atoms with Crippen molar-refractivity contribution in [3.05, 3.63) is 130 Å². The lowest BCUT2D eigenvalue weighted by atomic mass is 9.96. The number of hydrogen-bond donors (Lipinski definition) is 0. The van der Waals surface area contributed by atoms with Gasteiger partial charge in [-0.05, 0) is 36.1 Å². The average Bonchev–Trinajstić information content (AvgIpc) is 3.55. The minimum atomic E-state index is -0.939. The Morgan fingerprint density at radius 3 is 1.98 bits per heavy atom. The Morgan fingerprint density at radius 1 is 0.766 bits per heavy atom. The van der Waals surface area contributed by atoms with Gasteiger partial charge in [-0.25, -0.2) is 0 Å². The highest BCUT2D eigenvalue weighted by atomic mass is 16.8. The molecular formula is C36H41N3O8. The number of ether oxygens (including phenoxy) is 8. The van der Waals surface area contributed by atoms with Crippen molar-refractivity contribution in [2.24, 2.45) is 5.11 Å². The van der Waals surface area contributed by atoms with Crippen molar-refractivity contribution in [3.8, 4) is 0 Å². The second-order valence-corrected chi connectivity index (χ2v) is 12.2. The normalized spacial score (nSPS) is 29.7. The molecule has 3 heterocycles. The van der Waals surface area contributed by atoms with E-state index in [0.717, 1.165) is 16.7 Å². The average molecular weight is 644 g/mol. The molecule has 0 aliphatic carbocycles. The van der Waals surface area contributed by atoms with Crippen molar-refractivity contribution in [1.29, 1.82) is 0 Å². The molecule has 8 atom stereocenters. The standard InChI is InChI=1S/C36H41N3O8/c1-24-30(41-21-26-15-9-5-10-16-26)31(42-22-27-17-11-6-12-18-27)29(23-40-20-25-13-7-4-8-14-25)44-34(24)45-32-28(19-38-39-37)43-35-33(32)46-36(2,3)47-35/h4-18,28-35H,1,19-23H2,2-3H3/t28-,29-,30-,31-,32+,33-,34-,35-/m1/s1. The first-order valence-corrected chi connectivity index (χ1v) is 15.8. The molecule has 3 fully saturated rings. The number of fused-ring (bicyclic) bond motifs is 1. The maximum atomic E-state index is 9.03. The Bertz CT molecular complexity index is 1490. The third kappa shape index (κ3) is 8.46. The molecule has 0 spiro atoms. The summed E-state index contributed by atoms with van der Waals surface area (Å²) >= 11 is 0. The maximum absolute atomic E-state index is 9.03. The largest absolute Gasteiger partial charge is 0.374 e. The van der Waals surface area contributed by atoms with Crippen molar-refractivity contribution in [2.45, 2.75) is 88.7 Å². The van der Waals surface area contributed by atoms with Crippen LogP contribution in [0.3, 0.4) is 0 Å². The summed E-state index contributed by atoms with van der Waals surface area (Å²) in [5, 5.41) is 3.74. The van der Waals surface area contributed by atoms with Crippen LogP contribution in [0, 0.1) is 0 Å². The van der Waals surface area contributed by atoms with E-state index >= 15 is 0 Å².